The lowest BCUT2D eigenvalue weighted by Gasteiger charge is -2.24. The molecule has 9 heteroatoms. The molecule has 2 amide bonds. The molecule has 1 aliphatic heterocycles. The molecule has 1 N–H and O–H groups in total. The van der Waals surface area contributed by atoms with Crippen LogP contribution in [0.2, 0.25) is 5.02 Å². The van der Waals surface area contributed by atoms with E-state index in [0.717, 1.165) is 12.1 Å². The number of thiazole rings is 1. The minimum absolute atomic E-state index is 0.309. The Labute approximate surface area is 145 Å². The minimum Gasteiger partial charge on any atom is -0.327 e. The van der Waals surface area contributed by atoms with Crippen molar-refractivity contribution in [2.45, 2.75) is 18.9 Å². The number of anilines is 1. The third-order valence-electron chi connectivity index (χ3n) is 3.74. The number of hydrogen-bond acceptors (Lipinski definition) is 4. The van der Waals surface area contributed by atoms with Crippen LogP contribution in [0.15, 0.2) is 23.7 Å². The van der Waals surface area contributed by atoms with Crippen LogP contribution in [0.25, 0.3) is 0 Å². The highest BCUT2D eigenvalue weighted by molar-refractivity contribution is 7.13. The summed E-state index contributed by atoms with van der Waals surface area (Å²) in [7, 11) is 0. The van der Waals surface area contributed by atoms with Crippen molar-refractivity contribution in [3.05, 3.63) is 45.9 Å². The van der Waals surface area contributed by atoms with Crippen LogP contribution in [0.3, 0.4) is 0 Å². The second-order valence-corrected chi connectivity index (χ2v) is 6.48. The van der Waals surface area contributed by atoms with Crippen LogP contribution in [0.5, 0.6) is 0 Å². The summed E-state index contributed by atoms with van der Waals surface area (Å²) < 4.78 is 27.3. The predicted octanol–water partition coefficient (Wildman–Crippen LogP) is 3.32. The number of likely N-dealkylation sites (tertiary alicyclic amines) is 1. The first-order valence-corrected chi connectivity index (χ1v) is 8.39. The van der Waals surface area contributed by atoms with Gasteiger partial charge >= 0.3 is 0 Å². The zero-order valence-electron chi connectivity index (χ0n) is 12.3. The molecule has 0 spiro atoms. The Kier molecular flexibility index (Phi) is 4.77. The first kappa shape index (κ1) is 16.8. The molecule has 1 saturated heterocycles. The number of hydrogen-bond donors (Lipinski definition) is 1. The molecule has 1 aliphatic rings. The second kappa shape index (κ2) is 6.82. The molecule has 1 fully saturated rings. The zero-order valence-corrected chi connectivity index (χ0v) is 13.8. The van der Waals surface area contributed by atoms with Gasteiger partial charge in [0, 0.05) is 18.1 Å². The standard InChI is InChI=1S/C15H12ClF2N3O2S/c16-11-9(17)4-3-8(12(11)18)14(23)21-6-1-2-10(21)13(22)20-15-19-5-7-24-15/h3-5,7,10H,1-2,6H2,(H,19,20,22). The van der Waals surface area contributed by atoms with Crippen molar-refractivity contribution in [2.24, 2.45) is 0 Å². The van der Waals surface area contributed by atoms with Gasteiger partial charge in [-0.1, -0.05) is 11.6 Å². The van der Waals surface area contributed by atoms with Crippen molar-refractivity contribution in [1.29, 1.82) is 0 Å². The number of aromatic nitrogens is 1. The molecule has 24 heavy (non-hydrogen) atoms. The second-order valence-electron chi connectivity index (χ2n) is 5.21. The van der Waals surface area contributed by atoms with Gasteiger partial charge in [-0.25, -0.2) is 13.8 Å². The zero-order chi connectivity index (χ0) is 17.3. The lowest BCUT2D eigenvalue weighted by Crippen LogP contribution is -2.43. The third-order valence-corrected chi connectivity index (χ3v) is 4.78. The molecule has 1 unspecified atom stereocenters. The number of carbonyl (C=O) groups excluding carboxylic acids is 2. The first-order chi connectivity index (χ1) is 11.5. The number of rotatable bonds is 3. The van der Waals surface area contributed by atoms with Crippen molar-refractivity contribution < 1.29 is 18.4 Å². The molecule has 1 atom stereocenters. The fourth-order valence-corrected chi connectivity index (χ4v) is 3.30. The Morgan fingerprint density at radius 2 is 2.17 bits per heavy atom. The number of carbonyl (C=O) groups is 2. The lowest BCUT2D eigenvalue weighted by atomic mass is 10.1. The molecule has 2 heterocycles. The van der Waals surface area contributed by atoms with Gasteiger partial charge in [-0.2, -0.15) is 0 Å². The number of benzene rings is 1. The highest BCUT2D eigenvalue weighted by atomic mass is 35.5. The third kappa shape index (κ3) is 3.11. The SMILES string of the molecule is O=C(Nc1nccs1)C1CCCN1C(=O)c1ccc(F)c(Cl)c1F. The molecule has 0 bridgehead atoms. The molecule has 0 aliphatic carbocycles. The molecule has 0 radical (unpaired) electrons. The molecule has 2 aromatic rings. The summed E-state index contributed by atoms with van der Waals surface area (Å²) in [6.07, 6.45) is 2.62. The van der Waals surface area contributed by atoms with Crippen LogP contribution in [-0.2, 0) is 4.79 Å². The van der Waals surface area contributed by atoms with E-state index in [2.05, 4.69) is 10.3 Å². The average molecular weight is 372 g/mol. The average Bonchev–Trinajstić information content (AvgIpc) is 3.23. The Balaban J connectivity index is 1.81. The van der Waals surface area contributed by atoms with Crippen molar-refractivity contribution in [3.63, 3.8) is 0 Å². The maximum Gasteiger partial charge on any atom is 0.257 e. The summed E-state index contributed by atoms with van der Waals surface area (Å²) in [5, 5.41) is 4.04. The van der Waals surface area contributed by atoms with E-state index in [0.29, 0.717) is 24.5 Å². The molecule has 126 valence electrons. The molecule has 3 rings (SSSR count). The van der Waals surface area contributed by atoms with Gasteiger partial charge in [-0.05, 0) is 25.0 Å². The fourth-order valence-electron chi connectivity index (χ4n) is 2.60. The molecular formula is C15H12ClF2N3O2S. The summed E-state index contributed by atoms with van der Waals surface area (Å²) in [4.78, 5) is 30.1. The van der Waals surface area contributed by atoms with Gasteiger partial charge < -0.3 is 10.2 Å². The van der Waals surface area contributed by atoms with E-state index in [9.17, 15) is 18.4 Å². The monoisotopic (exact) mass is 371 g/mol. The van der Waals surface area contributed by atoms with Gasteiger partial charge in [-0.3, -0.25) is 9.59 Å². The number of nitrogens with zero attached hydrogens (tertiary/aromatic N) is 2. The summed E-state index contributed by atoms with van der Waals surface area (Å²) >= 11 is 6.78. The Hall–Kier alpha value is -2.06. The topological polar surface area (TPSA) is 62.3 Å². The molecule has 5 nitrogen and oxygen atoms in total. The number of amides is 2. The smallest absolute Gasteiger partial charge is 0.257 e. The van der Waals surface area contributed by atoms with E-state index < -0.39 is 28.6 Å². The lowest BCUT2D eigenvalue weighted by molar-refractivity contribution is -0.119. The van der Waals surface area contributed by atoms with Gasteiger partial charge in [0.2, 0.25) is 5.91 Å². The molecule has 0 saturated carbocycles. The predicted molar refractivity (Wildman–Crippen MR) is 86.2 cm³/mol. The van der Waals surface area contributed by atoms with Crippen LogP contribution in [0.1, 0.15) is 23.2 Å². The van der Waals surface area contributed by atoms with Crippen LogP contribution < -0.4 is 5.32 Å². The van der Waals surface area contributed by atoms with E-state index >= 15 is 0 Å². The summed E-state index contributed by atoms with van der Waals surface area (Å²) in [6.45, 7) is 0.309. The van der Waals surface area contributed by atoms with Crippen molar-refractivity contribution >= 4 is 39.9 Å². The Morgan fingerprint density at radius 1 is 1.38 bits per heavy atom. The van der Waals surface area contributed by atoms with Gasteiger partial charge in [0.05, 0.1) is 5.56 Å². The van der Waals surface area contributed by atoms with Crippen LogP contribution >= 0.6 is 22.9 Å². The van der Waals surface area contributed by atoms with Crippen molar-refractivity contribution in [1.82, 2.24) is 9.88 Å². The van der Waals surface area contributed by atoms with Gasteiger partial charge in [0.25, 0.3) is 5.91 Å². The summed E-state index contributed by atoms with van der Waals surface area (Å²) in [5.74, 6) is -3.13. The highest BCUT2D eigenvalue weighted by Gasteiger charge is 2.36. The van der Waals surface area contributed by atoms with Crippen molar-refractivity contribution in [3.8, 4) is 0 Å². The summed E-state index contributed by atoms with van der Waals surface area (Å²) in [6, 6.07) is 1.23. The van der Waals surface area contributed by atoms with E-state index in [1.54, 1.807) is 11.6 Å². The quantitative estimate of drug-likeness (QED) is 0.842. The van der Waals surface area contributed by atoms with Crippen molar-refractivity contribution in [2.75, 3.05) is 11.9 Å². The number of nitrogens with one attached hydrogen (secondary N) is 1. The molecule has 1 aromatic carbocycles. The largest absolute Gasteiger partial charge is 0.327 e. The minimum atomic E-state index is -1.12. The maximum atomic E-state index is 14.1. The van der Waals surface area contributed by atoms with E-state index in [-0.39, 0.29) is 11.5 Å². The van der Waals surface area contributed by atoms with Gasteiger partial charge in [0.1, 0.15) is 16.9 Å². The Bertz CT molecular complexity index is 785. The first-order valence-electron chi connectivity index (χ1n) is 7.14. The van der Waals surface area contributed by atoms with Gasteiger partial charge in [0.15, 0.2) is 10.9 Å². The van der Waals surface area contributed by atoms with Crippen LogP contribution in [-0.4, -0.2) is 34.3 Å². The fraction of sp³-hybridized carbons (Fsp3) is 0.267. The van der Waals surface area contributed by atoms with Gasteiger partial charge in [-0.15, -0.1) is 11.3 Å². The van der Waals surface area contributed by atoms with E-state index in [4.69, 9.17) is 11.6 Å². The summed E-state index contributed by atoms with van der Waals surface area (Å²) in [5.41, 5.74) is -0.352. The van der Waals surface area contributed by atoms with Crippen LogP contribution in [0, 0.1) is 11.6 Å². The molecule has 1 aromatic heterocycles. The van der Waals surface area contributed by atoms with E-state index in [1.807, 2.05) is 0 Å². The van der Waals surface area contributed by atoms with E-state index in [1.165, 1.54) is 16.2 Å². The highest BCUT2D eigenvalue weighted by Crippen LogP contribution is 2.27. The maximum absolute atomic E-state index is 14.1. The molecular weight excluding hydrogens is 360 g/mol. The normalized spacial score (nSPS) is 17.1. The Morgan fingerprint density at radius 3 is 2.88 bits per heavy atom. The van der Waals surface area contributed by atoms with Crippen LogP contribution in [0.4, 0.5) is 13.9 Å². The number of halogens is 3.